The van der Waals surface area contributed by atoms with Crippen LogP contribution < -0.4 is 0 Å². The van der Waals surface area contributed by atoms with Crippen molar-refractivity contribution in [3.8, 4) is 0 Å². The van der Waals surface area contributed by atoms with Crippen LogP contribution in [0, 0.1) is 49.4 Å². The zero-order valence-electron chi connectivity index (χ0n) is 16.7. The number of rotatable bonds is 4. The van der Waals surface area contributed by atoms with Crippen LogP contribution in [-0.2, 0) is 26.2 Å². The van der Waals surface area contributed by atoms with E-state index in [1.54, 1.807) is 89.9 Å². The maximum atomic E-state index is 3.54. The van der Waals surface area contributed by atoms with Gasteiger partial charge in [-0.25, -0.2) is 12.8 Å². The molecule has 0 aromatic carbocycles. The molecule has 0 radical (unpaired) electrons. The quantitative estimate of drug-likeness (QED) is 0.409. The average molecular weight is 422 g/mol. The Morgan fingerprint density at radius 3 is 1.32 bits per heavy atom. The van der Waals surface area contributed by atoms with Gasteiger partial charge in [0, 0.05) is 0 Å². The van der Waals surface area contributed by atoms with Gasteiger partial charge in [0.15, 0.2) is 0 Å². The molecule has 0 aromatic rings. The molecule has 140 valence electrons. The van der Waals surface area contributed by atoms with E-state index in [1.807, 2.05) is 0 Å². The molecule has 4 fully saturated rings. The molecule has 0 amide bonds. The first kappa shape index (κ1) is 22.2. The monoisotopic (exact) mass is 420 g/mol. The maximum absolute atomic E-state index is 3.54. The molecule has 6 unspecified atom stereocenters. The summed E-state index contributed by atoms with van der Waals surface area (Å²) < 4.78 is 0. The molecule has 0 spiro atoms. The molecular formula is C24H42Zr+2. The molecule has 0 nitrogen and oxygen atoms in total. The van der Waals surface area contributed by atoms with Gasteiger partial charge >= 0.3 is 26.2 Å². The Bertz CT molecular complexity index is 318. The molecule has 4 aliphatic rings. The molecule has 0 heterocycles. The van der Waals surface area contributed by atoms with E-state index in [0.29, 0.717) is 0 Å². The van der Waals surface area contributed by atoms with Crippen molar-refractivity contribution in [1.82, 2.24) is 0 Å². The van der Waals surface area contributed by atoms with Crippen LogP contribution in [0.5, 0.6) is 0 Å². The van der Waals surface area contributed by atoms with Crippen LogP contribution in [0.2, 0.25) is 0 Å². The zero-order valence-corrected chi connectivity index (χ0v) is 19.2. The van der Waals surface area contributed by atoms with Crippen LogP contribution >= 0.6 is 0 Å². The molecule has 0 N–H and O–H groups in total. The van der Waals surface area contributed by atoms with E-state index in [-0.39, 0.29) is 26.2 Å². The Kier molecular flexibility index (Phi) is 10.3. The maximum Gasteiger partial charge on any atom is 4.00 e. The van der Waals surface area contributed by atoms with E-state index in [0.717, 1.165) is 48.3 Å². The first-order valence-corrected chi connectivity index (χ1v) is 11.4. The summed E-state index contributed by atoms with van der Waals surface area (Å²) in [6.07, 6.45) is 24.0. The average Bonchev–Trinajstić information content (AvgIpc) is 3.24. The SMILES string of the molecule is C1CCC2C(C1)CCC2CCC1CCC2CCCCC21.[CH2-]CC[CH2-].[Zr+4]. The number of fused-ring (bicyclic) bond motifs is 2. The van der Waals surface area contributed by atoms with Gasteiger partial charge in [0.05, 0.1) is 0 Å². The van der Waals surface area contributed by atoms with E-state index < -0.39 is 0 Å². The third-order valence-corrected chi connectivity index (χ3v) is 8.12. The number of hydrogen-bond acceptors (Lipinski definition) is 0. The first-order chi connectivity index (χ1) is 11.8. The molecule has 0 aliphatic heterocycles. The Labute approximate surface area is 177 Å². The Balaban J connectivity index is 0.000000411. The minimum Gasteiger partial charge on any atom is -0.346 e. The van der Waals surface area contributed by atoms with Gasteiger partial charge in [-0.3, -0.25) is 0 Å². The molecule has 4 saturated carbocycles. The van der Waals surface area contributed by atoms with E-state index >= 15 is 0 Å². The second-order valence-corrected chi connectivity index (χ2v) is 9.38. The second kappa shape index (κ2) is 11.7. The van der Waals surface area contributed by atoms with Crippen molar-refractivity contribution in [2.75, 3.05) is 0 Å². The molecule has 1 heteroatoms. The van der Waals surface area contributed by atoms with Crippen molar-refractivity contribution >= 4 is 0 Å². The molecule has 0 bridgehead atoms. The van der Waals surface area contributed by atoms with E-state index in [2.05, 4.69) is 13.8 Å². The molecule has 6 atom stereocenters. The van der Waals surface area contributed by atoms with Crippen molar-refractivity contribution in [2.45, 2.75) is 103 Å². The standard InChI is InChI=1S/C20H34.C4H8.Zr/c1-3-7-19-15(5-1)9-11-17(19)13-14-18-12-10-16-6-2-4-8-20(16)18;1-3-4-2;/h15-20H,1-14H2;1-4H2;/q;-2;+4. The van der Waals surface area contributed by atoms with E-state index in [9.17, 15) is 0 Å². The van der Waals surface area contributed by atoms with Crippen LogP contribution in [0.1, 0.15) is 103 Å². The van der Waals surface area contributed by atoms with Crippen LogP contribution in [0.15, 0.2) is 0 Å². The van der Waals surface area contributed by atoms with Gasteiger partial charge in [-0.1, -0.05) is 38.5 Å². The summed E-state index contributed by atoms with van der Waals surface area (Å²) >= 11 is 0. The molecule has 25 heavy (non-hydrogen) atoms. The van der Waals surface area contributed by atoms with Gasteiger partial charge < -0.3 is 13.8 Å². The largest absolute Gasteiger partial charge is 4.00 e. The second-order valence-electron chi connectivity index (χ2n) is 9.38. The normalized spacial score (nSPS) is 39.6. The number of unbranched alkanes of at least 4 members (excludes halogenated alkanes) is 1. The third kappa shape index (κ3) is 5.93. The smallest absolute Gasteiger partial charge is 0.346 e. The van der Waals surface area contributed by atoms with Gasteiger partial charge in [-0.2, -0.15) is 0 Å². The first-order valence-electron chi connectivity index (χ1n) is 11.4. The van der Waals surface area contributed by atoms with Crippen LogP contribution in [0.4, 0.5) is 0 Å². The summed E-state index contributed by atoms with van der Waals surface area (Å²) in [5.74, 6) is 6.91. The Hall–Kier alpha value is 0.883. The predicted molar refractivity (Wildman–Crippen MR) is 106 cm³/mol. The third-order valence-electron chi connectivity index (χ3n) is 8.12. The summed E-state index contributed by atoms with van der Waals surface area (Å²) in [7, 11) is 0. The van der Waals surface area contributed by atoms with Gasteiger partial charge in [0.25, 0.3) is 0 Å². The summed E-state index contributed by atoms with van der Waals surface area (Å²) in [6, 6.07) is 0. The molecule has 0 aromatic heterocycles. The van der Waals surface area contributed by atoms with E-state index in [1.165, 1.54) is 0 Å². The van der Waals surface area contributed by atoms with Gasteiger partial charge in [-0.05, 0) is 86.9 Å². The van der Waals surface area contributed by atoms with Crippen molar-refractivity contribution in [1.29, 1.82) is 0 Å². The van der Waals surface area contributed by atoms with Crippen molar-refractivity contribution < 1.29 is 26.2 Å². The fraction of sp³-hybridized carbons (Fsp3) is 0.917. The Morgan fingerprint density at radius 2 is 0.920 bits per heavy atom. The van der Waals surface area contributed by atoms with Gasteiger partial charge in [-0.15, -0.1) is 0 Å². The summed E-state index contributed by atoms with van der Waals surface area (Å²) in [4.78, 5) is 0. The Morgan fingerprint density at radius 1 is 0.520 bits per heavy atom. The fourth-order valence-electron chi connectivity index (χ4n) is 6.86. The minimum atomic E-state index is 0. The molecule has 4 rings (SSSR count). The molecule has 0 saturated heterocycles. The number of hydrogen-bond donors (Lipinski definition) is 0. The topological polar surface area (TPSA) is 0 Å². The molecular weight excluding hydrogens is 379 g/mol. The van der Waals surface area contributed by atoms with Crippen molar-refractivity contribution in [3.05, 3.63) is 13.8 Å². The summed E-state index contributed by atoms with van der Waals surface area (Å²) in [6.45, 7) is 7.08. The van der Waals surface area contributed by atoms with Crippen LogP contribution in [0.25, 0.3) is 0 Å². The van der Waals surface area contributed by atoms with E-state index in [4.69, 9.17) is 0 Å². The summed E-state index contributed by atoms with van der Waals surface area (Å²) in [5.41, 5.74) is 0. The van der Waals surface area contributed by atoms with Crippen molar-refractivity contribution in [2.24, 2.45) is 35.5 Å². The van der Waals surface area contributed by atoms with Crippen molar-refractivity contribution in [3.63, 3.8) is 0 Å². The summed E-state index contributed by atoms with van der Waals surface area (Å²) in [5, 5.41) is 0. The van der Waals surface area contributed by atoms with Crippen LogP contribution in [-0.4, -0.2) is 0 Å². The fourth-order valence-corrected chi connectivity index (χ4v) is 6.86. The van der Waals surface area contributed by atoms with Gasteiger partial charge in [0.1, 0.15) is 0 Å². The predicted octanol–water partition coefficient (Wildman–Crippen LogP) is 7.63. The minimum absolute atomic E-state index is 0. The zero-order chi connectivity index (χ0) is 16.8. The van der Waals surface area contributed by atoms with Gasteiger partial charge in [0.2, 0.25) is 0 Å². The molecule has 4 aliphatic carbocycles. The van der Waals surface area contributed by atoms with Crippen LogP contribution in [0.3, 0.4) is 0 Å².